The molecule has 0 unspecified atom stereocenters. The van der Waals surface area contributed by atoms with Gasteiger partial charge in [-0.05, 0) is 37.1 Å². The van der Waals surface area contributed by atoms with E-state index >= 15 is 0 Å². The minimum atomic E-state index is 0.0248. The van der Waals surface area contributed by atoms with Crippen molar-refractivity contribution in [3.8, 4) is 0 Å². The molecule has 2 aliphatic heterocycles. The van der Waals surface area contributed by atoms with E-state index in [1.165, 1.54) is 22.6 Å². The molecule has 2 atom stereocenters. The second-order valence-electron chi connectivity index (χ2n) is 7.17. The first-order valence-electron chi connectivity index (χ1n) is 7.96. The van der Waals surface area contributed by atoms with Gasteiger partial charge in [0.25, 0.3) is 0 Å². The molecule has 0 saturated heterocycles. The Labute approximate surface area is 130 Å². The first-order chi connectivity index (χ1) is 10.6. The van der Waals surface area contributed by atoms with Gasteiger partial charge in [-0.15, -0.1) is 0 Å². The summed E-state index contributed by atoms with van der Waals surface area (Å²) in [7, 11) is 0. The molecule has 2 heteroatoms. The van der Waals surface area contributed by atoms with E-state index in [1.807, 2.05) is 0 Å². The van der Waals surface area contributed by atoms with E-state index in [9.17, 15) is 0 Å². The Morgan fingerprint density at radius 1 is 0.682 bits per heavy atom. The van der Waals surface area contributed by atoms with Crippen LogP contribution in [0.3, 0.4) is 0 Å². The van der Waals surface area contributed by atoms with E-state index in [0.717, 1.165) is 24.2 Å². The lowest BCUT2D eigenvalue weighted by Crippen LogP contribution is -2.47. The Bertz CT molecular complexity index is 803. The number of hydrogen-bond donors (Lipinski definition) is 0. The van der Waals surface area contributed by atoms with Crippen LogP contribution in [0.4, 0.5) is 11.4 Å². The van der Waals surface area contributed by atoms with E-state index in [-0.39, 0.29) is 10.8 Å². The normalized spacial score (nSPS) is 30.8. The monoisotopic (exact) mass is 286 g/mol. The summed E-state index contributed by atoms with van der Waals surface area (Å²) >= 11 is 0. The molecule has 1 saturated carbocycles. The van der Waals surface area contributed by atoms with Gasteiger partial charge in [0.1, 0.15) is 0 Å². The molecule has 2 heterocycles. The van der Waals surface area contributed by atoms with Gasteiger partial charge in [-0.3, -0.25) is 9.98 Å². The fraction of sp³-hybridized carbons (Fsp3) is 0.300. The maximum Gasteiger partial charge on any atom is 0.0670 e. The van der Waals surface area contributed by atoms with Gasteiger partial charge in [-0.2, -0.15) is 0 Å². The predicted octanol–water partition coefficient (Wildman–Crippen LogP) is 4.87. The predicted molar refractivity (Wildman–Crippen MR) is 91.0 cm³/mol. The standard InChI is InChI=1S/C20H18N2/c1-19-11-18-20(2,14-8-4-6-10-16(14)22-18)12-17(19)21-15-9-5-3-7-13(15)19/h3-10H,11-12H2,1-2H3/t19-,20+. The number of nitrogens with zero attached hydrogens (tertiary/aromatic N) is 2. The van der Waals surface area contributed by atoms with Crippen LogP contribution in [0, 0.1) is 0 Å². The topological polar surface area (TPSA) is 24.7 Å². The summed E-state index contributed by atoms with van der Waals surface area (Å²) in [6.07, 6.45) is 1.96. The molecule has 0 amide bonds. The Kier molecular flexibility index (Phi) is 2.10. The first-order valence-corrected chi connectivity index (χ1v) is 7.96. The second kappa shape index (κ2) is 3.75. The molecule has 2 aromatic rings. The zero-order valence-corrected chi connectivity index (χ0v) is 12.9. The lowest BCUT2D eigenvalue weighted by atomic mass is 9.60. The Morgan fingerprint density at radius 3 is 1.55 bits per heavy atom. The Morgan fingerprint density at radius 2 is 1.09 bits per heavy atom. The highest BCUT2D eigenvalue weighted by atomic mass is 14.9. The van der Waals surface area contributed by atoms with Crippen LogP contribution < -0.4 is 0 Å². The van der Waals surface area contributed by atoms with Crippen molar-refractivity contribution in [3.05, 3.63) is 59.7 Å². The summed E-state index contributed by atoms with van der Waals surface area (Å²) in [5, 5.41) is 0. The van der Waals surface area contributed by atoms with Crippen LogP contribution in [0.25, 0.3) is 0 Å². The largest absolute Gasteiger partial charge is 0.257 e. The van der Waals surface area contributed by atoms with E-state index in [4.69, 9.17) is 9.98 Å². The van der Waals surface area contributed by atoms with E-state index < -0.39 is 0 Å². The van der Waals surface area contributed by atoms with Gasteiger partial charge in [-0.25, -0.2) is 0 Å². The van der Waals surface area contributed by atoms with Crippen molar-refractivity contribution >= 4 is 22.8 Å². The van der Waals surface area contributed by atoms with E-state index in [1.54, 1.807) is 0 Å². The molecule has 0 radical (unpaired) electrons. The maximum atomic E-state index is 4.99. The smallest absolute Gasteiger partial charge is 0.0670 e. The molecule has 0 spiro atoms. The molecule has 3 aliphatic rings. The molecule has 2 aromatic carbocycles. The van der Waals surface area contributed by atoms with Crippen molar-refractivity contribution in [2.45, 2.75) is 37.5 Å². The van der Waals surface area contributed by atoms with Crippen LogP contribution in [-0.4, -0.2) is 11.4 Å². The SMILES string of the molecule is C[C@]12CC3=Nc4ccccc4[C@]3(C)CC1=Nc1ccccc12. The molecule has 0 bridgehead atoms. The minimum absolute atomic E-state index is 0.0248. The molecule has 1 aliphatic carbocycles. The van der Waals surface area contributed by atoms with Gasteiger partial charge in [-0.1, -0.05) is 36.4 Å². The average molecular weight is 286 g/mol. The third-order valence-electron chi connectivity index (χ3n) is 5.82. The number of hydrogen-bond acceptors (Lipinski definition) is 2. The van der Waals surface area contributed by atoms with Crippen LogP contribution in [-0.2, 0) is 10.8 Å². The second-order valence-corrected chi connectivity index (χ2v) is 7.17. The molecular weight excluding hydrogens is 268 g/mol. The highest BCUT2D eigenvalue weighted by Gasteiger charge is 2.53. The van der Waals surface area contributed by atoms with Gasteiger partial charge >= 0.3 is 0 Å². The van der Waals surface area contributed by atoms with Gasteiger partial charge in [0.15, 0.2) is 0 Å². The van der Waals surface area contributed by atoms with Crippen LogP contribution >= 0.6 is 0 Å². The molecule has 0 N–H and O–H groups in total. The van der Waals surface area contributed by atoms with Crippen LogP contribution in [0.5, 0.6) is 0 Å². The van der Waals surface area contributed by atoms with Gasteiger partial charge < -0.3 is 0 Å². The van der Waals surface area contributed by atoms with E-state index in [2.05, 4.69) is 62.4 Å². The highest BCUT2D eigenvalue weighted by Crippen LogP contribution is 2.54. The first kappa shape index (κ1) is 12.3. The third-order valence-corrected chi connectivity index (χ3v) is 5.82. The number of rotatable bonds is 0. The zero-order chi connectivity index (χ0) is 14.9. The summed E-state index contributed by atoms with van der Waals surface area (Å²) in [5.41, 5.74) is 7.73. The van der Waals surface area contributed by atoms with Crippen molar-refractivity contribution in [1.29, 1.82) is 0 Å². The summed E-state index contributed by atoms with van der Waals surface area (Å²) < 4.78 is 0. The molecule has 1 fully saturated rings. The lowest BCUT2D eigenvalue weighted by Gasteiger charge is -2.41. The number of aliphatic imine (C=N–C) groups is 2. The third kappa shape index (κ3) is 1.31. The minimum Gasteiger partial charge on any atom is -0.257 e. The zero-order valence-electron chi connectivity index (χ0n) is 12.9. The Balaban J connectivity index is 1.70. The van der Waals surface area contributed by atoms with Crippen molar-refractivity contribution < 1.29 is 0 Å². The van der Waals surface area contributed by atoms with Gasteiger partial charge in [0, 0.05) is 35.1 Å². The highest BCUT2D eigenvalue weighted by molar-refractivity contribution is 6.16. The summed E-state index contributed by atoms with van der Waals surface area (Å²) in [5.74, 6) is 0. The van der Waals surface area contributed by atoms with Crippen molar-refractivity contribution in [3.63, 3.8) is 0 Å². The van der Waals surface area contributed by atoms with Crippen molar-refractivity contribution in [2.24, 2.45) is 9.98 Å². The average Bonchev–Trinajstić information content (AvgIpc) is 2.95. The van der Waals surface area contributed by atoms with E-state index in [0.29, 0.717) is 0 Å². The Hall–Kier alpha value is -2.22. The van der Waals surface area contributed by atoms with Crippen LogP contribution in [0.2, 0.25) is 0 Å². The maximum absolute atomic E-state index is 4.99. The molecule has 0 aromatic heterocycles. The fourth-order valence-electron chi connectivity index (χ4n) is 4.46. The summed E-state index contributed by atoms with van der Waals surface area (Å²) in [6.45, 7) is 4.67. The molecule has 22 heavy (non-hydrogen) atoms. The number of fused-ring (bicyclic) bond motifs is 6. The van der Waals surface area contributed by atoms with Crippen LogP contribution in [0.15, 0.2) is 58.5 Å². The molecule has 2 nitrogen and oxygen atoms in total. The van der Waals surface area contributed by atoms with Crippen molar-refractivity contribution in [1.82, 2.24) is 0 Å². The molecular formula is C20H18N2. The summed E-state index contributed by atoms with van der Waals surface area (Å²) in [6, 6.07) is 17.2. The van der Waals surface area contributed by atoms with Gasteiger partial charge in [0.05, 0.1) is 11.4 Å². The number of para-hydroxylation sites is 2. The lowest BCUT2D eigenvalue weighted by molar-refractivity contribution is 0.551. The van der Waals surface area contributed by atoms with Gasteiger partial charge in [0.2, 0.25) is 0 Å². The molecule has 5 rings (SSSR count). The molecule has 108 valence electrons. The van der Waals surface area contributed by atoms with Crippen LogP contribution in [0.1, 0.15) is 37.8 Å². The van der Waals surface area contributed by atoms with Crippen molar-refractivity contribution in [2.75, 3.05) is 0 Å². The fourth-order valence-corrected chi connectivity index (χ4v) is 4.46. The quantitative estimate of drug-likeness (QED) is 0.660. The summed E-state index contributed by atoms with van der Waals surface area (Å²) in [4.78, 5) is 9.97. The number of benzene rings is 2.